The maximum atomic E-state index is 11.7. The summed E-state index contributed by atoms with van der Waals surface area (Å²) in [7, 11) is 0. The van der Waals surface area contributed by atoms with Crippen molar-refractivity contribution in [2.24, 2.45) is 11.8 Å². The van der Waals surface area contributed by atoms with Crippen molar-refractivity contribution < 1.29 is 9.53 Å². The minimum atomic E-state index is -0.160. The third kappa shape index (κ3) is 1.20. The van der Waals surface area contributed by atoms with Crippen molar-refractivity contribution in [1.29, 1.82) is 0 Å². The highest BCUT2D eigenvalue weighted by molar-refractivity contribution is 5.76. The Labute approximate surface area is 85.3 Å². The molecular weight excluding hydrogens is 176 g/mol. The van der Waals surface area contributed by atoms with Crippen molar-refractivity contribution in [2.45, 2.75) is 45.1 Å². The Kier molecular flexibility index (Phi) is 2.38. The summed E-state index contributed by atoms with van der Waals surface area (Å²) in [4.78, 5) is 11.7. The summed E-state index contributed by atoms with van der Waals surface area (Å²) >= 11 is 0. The minimum absolute atomic E-state index is 0.0306. The number of allylic oxidation sites excluding steroid dienone is 2. The molecule has 2 heteroatoms. The molecule has 0 amide bonds. The van der Waals surface area contributed by atoms with Gasteiger partial charge in [-0.3, -0.25) is 4.79 Å². The van der Waals surface area contributed by atoms with Gasteiger partial charge in [-0.15, -0.1) is 0 Å². The molecule has 78 valence electrons. The molecule has 1 aliphatic heterocycles. The third-order valence-corrected chi connectivity index (χ3v) is 3.91. The largest absolute Gasteiger partial charge is 0.459 e. The molecule has 0 aromatic heterocycles. The van der Waals surface area contributed by atoms with E-state index in [9.17, 15) is 4.79 Å². The lowest BCUT2D eigenvalue weighted by Gasteiger charge is -2.33. The molecule has 2 atom stereocenters. The molecule has 0 N–H and O–H groups in total. The average Bonchev–Trinajstić information content (AvgIpc) is 2.53. The molecule has 0 bridgehead atoms. The van der Waals surface area contributed by atoms with Crippen molar-refractivity contribution in [1.82, 2.24) is 0 Å². The molecule has 2 rings (SSSR count). The highest BCUT2D eigenvalue weighted by Gasteiger charge is 2.52. The van der Waals surface area contributed by atoms with Gasteiger partial charge in [-0.25, -0.2) is 0 Å². The fourth-order valence-corrected chi connectivity index (χ4v) is 2.93. The van der Waals surface area contributed by atoms with E-state index in [2.05, 4.69) is 26.0 Å². The van der Waals surface area contributed by atoms with E-state index >= 15 is 0 Å². The van der Waals surface area contributed by atoms with E-state index in [1.807, 2.05) is 0 Å². The van der Waals surface area contributed by atoms with E-state index in [0.717, 1.165) is 25.7 Å². The number of cyclic esters (lactones) is 1. The second-order valence-corrected chi connectivity index (χ2v) is 4.35. The summed E-state index contributed by atoms with van der Waals surface area (Å²) in [5.41, 5.74) is -0.160. The van der Waals surface area contributed by atoms with Gasteiger partial charge in [-0.05, 0) is 25.7 Å². The number of carbonyl (C=O) groups excluding carboxylic acids is 1. The molecule has 0 aromatic rings. The molecule has 2 nitrogen and oxygen atoms in total. The maximum absolute atomic E-state index is 11.7. The smallest absolute Gasteiger partial charge is 0.310 e. The van der Waals surface area contributed by atoms with Crippen LogP contribution in [0.25, 0.3) is 0 Å². The van der Waals surface area contributed by atoms with E-state index < -0.39 is 0 Å². The number of fused-ring (bicyclic) bond motifs is 1. The van der Waals surface area contributed by atoms with E-state index in [0.29, 0.717) is 5.92 Å². The molecule has 1 heterocycles. The summed E-state index contributed by atoms with van der Waals surface area (Å²) in [5, 5.41) is 0. The second kappa shape index (κ2) is 3.41. The van der Waals surface area contributed by atoms with E-state index in [1.54, 1.807) is 0 Å². The van der Waals surface area contributed by atoms with Crippen LogP contribution >= 0.6 is 0 Å². The SMILES string of the molecule is CCC1(CC)OC(=O)[C@@H]2CC=CC[C@@H]21. The van der Waals surface area contributed by atoms with Crippen molar-refractivity contribution >= 4 is 5.97 Å². The van der Waals surface area contributed by atoms with Crippen molar-refractivity contribution in [2.75, 3.05) is 0 Å². The molecule has 14 heavy (non-hydrogen) atoms. The van der Waals surface area contributed by atoms with E-state index in [1.165, 1.54) is 0 Å². The summed E-state index contributed by atoms with van der Waals surface area (Å²) in [6.45, 7) is 4.24. The van der Waals surface area contributed by atoms with Crippen LogP contribution in [0.2, 0.25) is 0 Å². The summed E-state index contributed by atoms with van der Waals surface area (Å²) in [6.07, 6.45) is 8.10. The fraction of sp³-hybridized carbons (Fsp3) is 0.750. The third-order valence-electron chi connectivity index (χ3n) is 3.91. The highest BCUT2D eigenvalue weighted by atomic mass is 16.6. The van der Waals surface area contributed by atoms with Gasteiger partial charge >= 0.3 is 5.97 Å². The van der Waals surface area contributed by atoms with Gasteiger partial charge < -0.3 is 4.74 Å². The van der Waals surface area contributed by atoms with Gasteiger partial charge in [0.15, 0.2) is 0 Å². The van der Waals surface area contributed by atoms with Crippen molar-refractivity contribution in [3.8, 4) is 0 Å². The van der Waals surface area contributed by atoms with Gasteiger partial charge in [0, 0.05) is 5.92 Å². The highest BCUT2D eigenvalue weighted by Crippen LogP contribution is 2.47. The molecule has 0 unspecified atom stereocenters. The van der Waals surface area contributed by atoms with Crippen LogP contribution in [0.4, 0.5) is 0 Å². The van der Waals surface area contributed by atoms with Gasteiger partial charge in [-0.2, -0.15) is 0 Å². The van der Waals surface area contributed by atoms with Gasteiger partial charge in [0.1, 0.15) is 5.60 Å². The lowest BCUT2D eigenvalue weighted by Crippen LogP contribution is -2.36. The number of hydrogen-bond acceptors (Lipinski definition) is 2. The molecule has 0 spiro atoms. The van der Waals surface area contributed by atoms with Gasteiger partial charge in [0.25, 0.3) is 0 Å². The lowest BCUT2D eigenvalue weighted by atomic mass is 9.72. The Morgan fingerprint density at radius 3 is 2.64 bits per heavy atom. The van der Waals surface area contributed by atoms with Crippen LogP contribution in [0, 0.1) is 11.8 Å². The first kappa shape index (κ1) is 9.75. The first-order valence-electron chi connectivity index (χ1n) is 5.61. The van der Waals surface area contributed by atoms with Crippen LogP contribution in [0.1, 0.15) is 39.5 Å². The van der Waals surface area contributed by atoms with E-state index in [4.69, 9.17) is 4.74 Å². The molecule has 0 radical (unpaired) electrons. The minimum Gasteiger partial charge on any atom is -0.459 e. The molecule has 1 aliphatic carbocycles. The first-order chi connectivity index (χ1) is 6.73. The van der Waals surface area contributed by atoms with Gasteiger partial charge in [0.05, 0.1) is 5.92 Å². The average molecular weight is 194 g/mol. The van der Waals surface area contributed by atoms with Crippen molar-refractivity contribution in [3.05, 3.63) is 12.2 Å². The zero-order chi connectivity index (χ0) is 10.2. The van der Waals surface area contributed by atoms with E-state index in [-0.39, 0.29) is 17.5 Å². The first-order valence-corrected chi connectivity index (χ1v) is 5.61. The fourth-order valence-electron chi connectivity index (χ4n) is 2.93. The second-order valence-electron chi connectivity index (χ2n) is 4.35. The predicted octanol–water partition coefficient (Wildman–Crippen LogP) is 2.68. The summed E-state index contributed by atoms with van der Waals surface area (Å²) < 4.78 is 5.62. The Bertz CT molecular complexity index is 263. The normalized spacial score (nSPS) is 34.0. The molecule has 1 fully saturated rings. The summed E-state index contributed by atoms with van der Waals surface area (Å²) in [5.74, 6) is 0.595. The molecule has 1 saturated heterocycles. The Morgan fingerprint density at radius 2 is 2.00 bits per heavy atom. The van der Waals surface area contributed by atoms with Gasteiger partial charge in [-0.1, -0.05) is 26.0 Å². The quantitative estimate of drug-likeness (QED) is 0.499. The Morgan fingerprint density at radius 1 is 1.36 bits per heavy atom. The lowest BCUT2D eigenvalue weighted by molar-refractivity contribution is -0.151. The number of ether oxygens (including phenoxy) is 1. The standard InChI is InChI=1S/C12H18O2/c1-3-12(4-2)10-8-6-5-7-9(10)11(13)14-12/h5-6,9-10H,3-4,7-8H2,1-2H3/t9-,10+/m1/s1. The van der Waals surface area contributed by atoms with Crippen LogP contribution in [-0.4, -0.2) is 11.6 Å². The van der Waals surface area contributed by atoms with Crippen molar-refractivity contribution in [3.63, 3.8) is 0 Å². The summed E-state index contributed by atoms with van der Waals surface area (Å²) in [6, 6.07) is 0. The van der Waals surface area contributed by atoms with Crippen LogP contribution in [0.15, 0.2) is 12.2 Å². The van der Waals surface area contributed by atoms with Crippen LogP contribution in [0.3, 0.4) is 0 Å². The number of hydrogen-bond donors (Lipinski definition) is 0. The molecule has 2 aliphatic rings. The molecule has 0 saturated carbocycles. The zero-order valence-corrected chi connectivity index (χ0v) is 8.95. The van der Waals surface area contributed by atoms with Crippen LogP contribution in [-0.2, 0) is 9.53 Å². The molecule has 0 aromatic carbocycles. The maximum Gasteiger partial charge on any atom is 0.310 e. The number of rotatable bonds is 2. The van der Waals surface area contributed by atoms with Crippen LogP contribution in [0.5, 0.6) is 0 Å². The van der Waals surface area contributed by atoms with Crippen LogP contribution < -0.4 is 0 Å². The Hall–Kier alpha value is -0.790. The topological polar surface area (TPSA) is 26.3 Å². The molecular formula is C12H18O2. The number of esters is 1. The monoisotopic (exact) mass is 194 g/mol. The predicted molar refractivity (Wildman–Crippen MR) is 54.8 cm³/mol. The number of carbonyl (C=O) groups is 1. The zero-order valence-electron chi connectivity index (χ0n) is 8.95. The Balaban J connectivity index is 2.29. The van der Waals surface area contributed by atoms with Gasteiger partial charge in [0.2, 0.25) is 0 Å².